The van der Waals surface area contributed by atoms with Gasteiger partial charge in [0.25, 0.3) is 0 Å². The minimum atomic E-state index is -0.105. The number of anilines is 2. The largest absolute Gasteiger partial charge is 0.325 e. The molecule has 2 amide bonds. The molecule has 2 N–H and O–H groups in total. The molecule has 0 spiro atoms. The first-order valence-electron chi connectivity index (χ1n) is 7.51. The average Bonchev–Trinajstić information content (AvgIpc) is 3.04. The molecule has 2 aliphatic heterocycles. The normalized spacial score (nSPS) is 24.0. The topological polar surface area (TPSA) is 61.4 Å². The summed E-state index contributed by atoms with van der Waals surface area (Å²) in [6.07, 6.45) is 1.88. The van der Waals surface area contributed by atoms with Crippen molar-refractivity contribution in [3.63, 3.8) is 0 Å². The number of carbonyl (C=O) groups is 2. The number of hydrogen-bond acceptors (Lipinski definition) is 3. The van der Waals surface area contributed by atoms with Gasteiger partial charge in [0.1, 0.15) is 0 Å². The van der Waals surface area contributed by atoms with E-state index in [2.05, 4.69) is 17.6 Å². The summed E-state index contributed by atoms with van der Waals surface area (Å²) < 4.78 is 0. The van der Waals surface area contributed by atoms with E-state index in [4.69, 9.17) is 0 Å². The van der Waals surface area contributed by atoms with Gasteiger partial charge in [-0.2, -0.15) is 0 Å². The molecule has 1 saturated heterocycles. The minimum Gasteiger partial charge on any atom is -0.325 e. The van der Waals surface area contributed by atoms with Gasteiger partial charge in [-0.25, -0.2) is 0 Å². The van der Waals surface area contributed by atoms with Gasteiger partial charge >= 0.3 is 0 Å². The van der Waals surface area contributed by atoms with Crippen molar-refractivity contribution in [3.8, 4) is 0 Å². The predicted octanol–water partition coefficient (Wildman–Crippen LogP) is 1.53. The van der Waals surface area contributed by atoms with E-state index < -0.39 is 0 Å². The predicted molar refractivity (Wildman–Crippen MR) is 82.4 cm³/mol. The van der Waals surface area contributed by atoms with Crippen LogP contribution in [0.2, 0.25) is 0 Å². The zero-order valence-electron chi connectivity index (χ0n) is 12.5. The molecule has 0 aromatic heterocycles. The summed E-state index contributed by atoms with van der Waals surface area (Å²) in [6, 6.07) is 5.67. The molecule has 1 aromatic rings. The van der Waals surface area contributed by atoms with E-state index in [0.717, 1.165) is 42.9 Å². The molecule has 5 nitrogen and oxygen atoms in total. The Kier molecular flexibility index (Phi) is 3.68. The summed E-state index contributed by atoms with van der Waals surface area (Å²) in [6.45, 7) is 5.30. The molecule has 2 unspecified atom stereocenters. The summed E-state index contributed by atoms with van der Waals surface area (Å²) >= 11 is 0. The molecule has 1 fully saturated rings. The van der Waals surface area contributed by atoms with Gasteiger partial charge in [-0.15, -0.1) is 0 Å². The Morgan fingerprint density at radius 3 is 2.86 bits per heavy atom. The highest BCUT2D eigenvalue weighted by Gasteiger charge is 2.29. The van der Waals surface area contributed by atoms with Gasteiger partial charge in [0.2, 0.25) is 11.8 Å². The van der Waals surface area contributed by atoms with Crippen LogP contribution in [0, 0.1) is 5.92 Å². The third-order valence-electron chi connectivity index (χ3n) is 4.44. The smallest absolute Gasteiger partial charge is 0.241 e. The zero-order chi connectivity index (χ0) is 15.0. The van der Waals surface area contributed by atoms with Crippen LogP contribution in [0.15, 0.2) is 18.2 Å². The molecule has 0 aliphatic carbocycles. The second kappa shape index (κ2) is 5.48. The minimum absolute atomic E-state index is 0.0290. The maximum absolute atomic E-state index is 12.3. The van der Waals surface area contributed by atoms with Gasteiger partial charge in [-0.1, -0.05) is 6.92 Å². The van der Waals surface area contributed by atoms with Crippen molar-refractivity contribution in [2.75, 3.05) is 23.3 Å². The molecule has 3 rings (SSSR count). The summed E-state index contributed by atoms with van der Waals surface area (Å²) in [5.74, 6) is 0.462. The Balaban J connectivity index is 1.73. The van der Waals surface area contributed by atoms with Gasteiger partial charge in [-0.3, -0.25) is 9.59 Å². The van der Waals surface area contributed by atoms with Crippen molar-refractivity contribution >= 4 is 23.2 Å². The Morgan fingerprint density at radius 2 is 2.19 bits per heavy atom. The lowest BCUT2D eigenvalue weighted by Gasteiger charge is -2.17. The van der Waals surface area contributed by atoms with Gasteiger partial charge in [-0.05, 0) is 49.1 Å². The summed E-state index contributed by atoms with van der Waals surface area (Å²) in [4.78, 5) is 25.6. The molecule has 0 saturated carbocycles. The van der Waals surface area contributed by atoms with E-state index in [1.807, 2.05) is 18.2 Å². The molecule has 21 heavy (non-hydrogen) atoms. The molecule has 0 bridgehead atoms. The third-order valence-corrected chi connectivity index (χ3v) is 4.44. The highest BCUT2D eigenvalue weighted by atomic mass is 16.2. The fourth-order valence-corrected chi connectivity index (χ4v) is 3.21. The number of carbonyl (C=O) groups excluding carboxylic acids is 2. The standard InChI is InChI=1S/C16H21N3O2/c1-10-5-7-17-15(10)16(21)18-13-3-4-14-12(9-13)6-8-19(14)11(2)20/h3-4,9-10,15,17H,5-8H2,1-2H3,(H,18,21). The SMILES string of the molecule is CC(=O)N1CCc2cc(NC(=O)C3NCCC3C)ccc21. The summed E-state index contributed by atoms with van der Waals surface area (Å²) in [5, 5.41) is 6.22. The third kappa shape index (κ3) is 2.65. The van der Waals surface area contributed by atoms with E-state index in [1.165, 1.54) is 0 Å². The van der Waals surface area contributed by atoms with E-state index >= 15 is 0 Å². The van der Waals surface area contributed by atoms with Crippen LogP contribution in [0.25, 0.3) is 0 Å². The molecule has 5 heteroatoms. The number of nitrogens with one attached hydrogen (secondary N) is 2. The molecule has 112 valence electrons. The maximum Gasteiger partial charge on any atom is 0.241 e. The molecule has 2 heterocycles. The number of amides is 2. The van der Waals surface area contributed by atoms with Crippen molar-refractivity contribution in [1.29, 1.82) is 0 Å². The lowest BCUT2D eigenvalue weighted by Crippen LogP contribution is -2.39. The van der Waals surface area contributed by atoms with Crippen LogP contribution in [-0.2, 0) is 16.0 Å². The molecule has 0 radical (unpaired) electrons. The average molecular weight is 287 g/mol. The van der Waals surface area contributed by atoms with Gasteiger partial charge in [0.05, 0.1) is 6.04 Å². The molecular weight excluding hydrogens is 266 g/mol. The van der Waals surface area contributed by atoms with E-state index in [1.54, 1.807) is 11.8 Å². The highest BCUT2D eigenvalue weighted by molar-refractivity contribution is 5.97. The van der Waals surface area contributed by atoms with Crippen LogP contribution in [-0.4, -0.2) is 30.9 Å². The van der Waals surface area contributed by atoms with Gasteiger partial charge in [0.15, 0.2) is 0 Å². The van der Waals surface area contributed by atoms with Crippen molar-refractivity contribution < 1.29 is 9.59 Å². The summed E-state index contributed by atoms with van der Waals surface area (Å²) in [7, 11) is 0. The quantitative estimate of drug-likeness (QED) is 0.867. The molecule has 2 atom stereocenters. The van der Waals surface area contributed by atoms with E-state index in [0.29, 0.717) is 5.92 Å². The number of fused-ring (bicyclic) bond motifs is 1. The molecule has 1 aromatic carbocycles. The number of hydrogen-bond donors (Lipinski definition) is 2. The number of rotatable bonds is 2. The Bertz CT molecular complexity index is 585. The van der Waals surface area contributed by atoms with Crippen LogP contribution < -0.4 is 15.5 Å². The first-order chi connectivity index (χ1) is 10.1. The zero-order valence-corrected chi connectivity index (χ0v) is 12.5. The maximum atomic E-state index is 12.3. The lowest BCUT2D eigenvalue weighted by atomic mass is 10.0. The fraction of sp³-hybridized carbons (Fsp3) is 0.500. The van der Waals surface area contributed by atoms with Crippen LogP contribution in [0.4, 0.5) is 11.4 Å². The lowest BCUT2D eigenvalue weighted by molar-refractivity contribution is -0.118. The monoisotopic (exact) mass is 287 g/mol. The Labute approximate surface area is 124 Å². The Morgan fingerprint density at radius 1 is 1.38 bits per heavy atom. The van der Waals surface area contributed by atoms with Crippen LogP contribution in [0.1, 0.15) is 25.8 Å². The second-order valence-corrected chi connectivity index (χ2v) is 5.95. The van der Waals surface area contributed by atoms with Crippen LogP contribution in [0.5, 0.6) is 0 Å². The van der Waals surface area contributed by atoms with Crippen molar-refractivity contribution in [2.45, 2.75) is 32.7 Å². The first-order valence-corrected chi connectivity index (χ1v) is 7.51. The van der Waals surface area contributed by atoms with E-state index in [-0.39, 0.29) is 17.9 Å². The fourth-order valence-electron chi connectivity index (χ4n) is 3.21. The summed E-state index contributed by atoms with van der Waals surface area (Å²) in [5.41, 5.74) is 2.90. The second-order valence-electron chi connectivity index (χ2n) is 5.95. The number of nitrogens with zero attached hydrogens (tertiary/aromatic N) is 1. The number of benzene rings is 1. The van der Waals surface area contributed by atoms with Gasteiger partial charge in [0, 0.05) is 24.8 Å². The van der Waals surface area contributed by atoms with E-state index in [9.17, 15) is 9.59 Å². The molecule has 2 aliphatic rings. The van der Waals surface area contributed by atoms with Gasteiger partial charge < -0.3 is 15.5 Å². The van der Waals surface area contributed by atoms with Crippen molar-refractivity contribution in [2.24, 2.45) is 5.92 Å². The Hall–Kier alpha value is -1.88. The van der Waals surface area contributed by atoms with Crippen molar-refractivity contribution in [1.82, 2.24) is 5.32 Å². The highest BCUT2D eigenvalue weighted by Crippen LogP contribution is 2.30. The first kappa shape index (κ1) is 14.1. The van der Waals surface area contributed by atoms with Crippen molar-refractivity contribution in [3.05, 3.63) is 23.8 Å². The van der Waals surface area contributed by atoms with Crippen LogP contribution in [0.3, 0.4) is 0 Å². The van der Waals surface area contributed by atoms with Crippen LogP contribution >= 0.6 is 0 Å². The molecular formula is C16H21N3O2.